The van der Waals surface area contributed by atoms with Crippen molar-refractivity contribution in [2.75, 3.05) is 5.73 Å². The molecule has 7 N–H and O–H groups in total. The van der Waals surface area contributed by atoms with Gasteiger partial charge in [0.25, 0.3) is 0 Å². The fourth-order valence-electron chi connectivity index (χ4n) is 2.00. The third-order valence-corrected chi connectivity index (χ3v) is 3.04. The van der Waals surface area contributed by atoms with Crippen molar-refractivity contribution in [1.82, 2.24) is 5.43 Å². The largest absolute Gasteiger partial charge is 0.399 e. The molecule has 5 heteroatoms. The quantitative estimate of drug-likeness (QED) is 0.221. The summed E-state index contributed by atoms with van der Waals surface area (Å²) < 4.78 is 0. The summed E-state index contributed by atoms with van der Waals surface area (Å²) in [5.41, 5.74) is 16.7. The number of anilines is 1. The van der Waals surface area contributed by atoms with Gasteiger partial charge in [0.2, 0.25) is 5.96 Å². The van der Waals surface area contributed by atoms with E-state index in [9.17, 15) is 0 Å². The van der Waals surface area contributed by atoms with Crippen LogP contribution in [0, 0.1) is 0 Å². The number of nitrogens with one attached hydrogen (secondary N) is 1. The standard InChI is InChI=1S/C15H19N5/c16-13-8-6-11(7-9-13)10-14(19-15(17)20-18)12-4-2-1-3-5-12/h1-9,14H,10,16,18H2,(H3,17,19,20). The van der Waals surface area contributed by atoms with Crippen molar-refractivity contribution in [2.45, 2.75) is 12.5 Å². The molecule has 0 radical (unpaired) electrons. The molecule has 0 heterocycles. The summed E-state index contributed by atoms with van der Waals surface area (Å²) in [6, 6.07) is 17.6. The van der Waals surface area contributed by atoms with Gasteiger partial charge in [-0.25, -0.2) is 10.8 Å². The molecule has 0 aliphatic carbocycles. The van der Waals surface area contributed by atoms with Gasteiger partial charge in [-0.05, 0) is 29.7 Å². The van der Waals surface area contributed by atoms with Crippen LogP contribution in [0.15, 0.2) is 59.6 Å². The Bertz CT molecular complexity index is 563. The van der Waals surface area contributed by atoms with Crippen molar-refractivity contribution in [3.8, 4) is 0 Å². The molecule has 0 bridgehead atoms. The SMILES string of the molecule is NNC(N)=NC(Cc1ccc(N)cc1)c1ccccc1. The van der Waals surface area contributed by atoms with Crippen LogP contribution in [-0.2, 0) is 6.42 Å². The van der Waals surface area contributed by atoms with Gasteiger partial charge in [-0.15, -0.1) is 0 Å². The highest BCUT2D eigenvalue weighted by Crippen LogP contribution is 2.22. The van der Waals surface area contributed by atoms with E-state index in [0.717, 1.165) is 23.2 Å². The minimum atomic E-state index is -0.0872. The van der Waals surface area contributed by atoms with Crippen molar-refractivity contribution in [3.63, 3.8) is 0 Å². The van der Waals surface area contributed by atoms with E-state index < -0.39 is 0 Å². The Balaban J connectivity index is 2.25. The molecule has 2 rings (SSSR count). The van der Waals surface area contributed by atoms with Crippen LogP contribution in [-0.4, -0.2) is 5.96 Å². The predicted octanol–water partition coefficient (Wildman–Crippen LogP) is 1.33. The minimum absolute atomic E-state index is 0.0872. The second-order valence-corrected chi connectivity index (χ2v) is 4.53. The van der Waals surface area contributed by atoms with E-state index in [1.54, 1.807) is 0 Å². The third-order valence-electron chi connectivity index (χ3n) is 3.04. The van der Waals surface area contributed by atoms with Gasteiger partial charge in [-0.3, -0.25) is 5.43 Å². The van der Waals surface area contributed by atoms with E-state index in [2.05, 4.69) is 10.4 Å². The number of nitrogen functional groups attached to an aromatic ring is 1. The van der Waals surface area contributed by atoms with Gasteiger partial charge in [0.05, 0.1) is 6.04 Å². The number of hydrogen-bond acceptors (Lipinski definition) is 3. The third kappa shape index (κ3) is 3.73. The Labute approximate surface area is 118 Å². The second kappa shape index (κ2) is 6.58. The number of guanidine groups is 1. The van der Waals surface area contributed by atoms with E-state index in [1.165, 1.54) is 0 Å². The molecule has 0 spiro atoms. The normalized spacial score (nSPS) is 12.9. The van der Waals surface area contributed by atoms with E-state index in [-0.39, 0.29) is 12.0 Å². The van der Waals surface area contributed by atoms with Crippen LogP contribution < -0.4 is 22.7 Å². The number of aliphatic imine (C=N–C) groups is 1. The average Bonchev–Trinajstić information content (AvgIpc) is 2.49. The van der Waals surface area contributed by atoms with Crippen molar-refractivity contribution in [3.05, 3.63) is 65.7 Å². The summed E-state index contributed by atoms with van der Waals surface area (Å²) in [7, 11) is 0. The Morgan fingerprint density at radius 3 is 2.30 bits per heavy atom. The summed E-state index contributed by atoms with van der Waals surface area (Å²) in [5.74, 6) is 5.51. The lowest BCUT2D eigenvalue weighted by molar-refractivity contribution is 0.715. The molecule has 2 aromatic carbocycles. The summed E-state index contributed by atoms with van der Waals surface area (Å²) in [4.78, 5) is 4.41. The maximum absolute atomic E-state index is 5.70. The highest BCUT2D eigenvalue weighted by atomic mass is 15.3. The maximum Gasteiger partial charge on any atom is 0.203 e. The zero-order chi connectivity index (χ0) is 14.4. The van der Waals surface area contributed by atoms with Crippen LogP contribution in [0.25, 0.3) is 0 Å². The lowest BCUT2D eigenvalue weighted by Gasteiger charge is -2.14. The van der Waals surface area contributed by atoms with Crippen molar-refractivity contribution >= 4 is 11.6 Å². The predicted molar refractivity (Wildman–Crippen MR) is 82.7 cm³/mol. The van der Waals surface area contributed by atoms with Crippen LogP contribution in [0.3, 0.4) is 0 Å². The Morgan fingerprint density at radius 1 is 1.05 bits per heavy atom. The Hall–Kier alpha value is -2.53. The summed E-state index contributed by atoms with van der Waals surface area (Å²) in [6.07, 6.45) is 0.729. The van der Waals surface area contributed by atoms with Gasteiger partial charge >= 0.3 is 0 Å². The van der Waals surface area contributed by atoms with E-state index >= 15 is 0 Å². The molecule has 20 heavy (non-hydrogen) atoms. The second-order valence-electron chi connectivity index (χ2n) is 4.53. The molecule has 1 atom stereocenters. The van der Waals surface area contributed by atoms with Crippen LogP contribution >= 0.6 is 0 Å². The van der Waals surface area contributed by atoms with Crippen molar-refractivity contribution < 1.29 is 0 Å². The zero-order valence-electron chi connectivity index (χ0n) is 11.2. The van der Waals surface area contributed by atoms with Gasteiger partial charge in [-0.2, -0.15) is 0 Å². The van der Waals surface area contributed by atoms with Gasteiger partial charge in [-0.1, -0.05) is 42.5 Å². The molecule has 5 nitrogen and oxygen atoms in total. The zero-order valence-corrected chi connectivity index (χ0v) is 11.2. The smallest absolute Gasteiger partial charge is 0.203 e. The number of benzene rings is 2. The van der Waals surface area contributed by atoms with E-state index in [1.807, 2.05) is 54.6 Å². The van der Waals surface area contributed by atoms with Crippen LogP contribution in [0.1, 0.15) is 17.2 Å². The molecular weight excluding hydrogens is 250 g/mol. The number of nitrogens with two attached hydrogens (primary N) is 3. The molecule has 0 fully saturated rings. The van der Waals surface area contributed by atoms with E-state index in [4.69, 9.17) is 17.3 Å². The topological polar surface area (TPSA) is 102 Å². The first-order chi connectivity index (χ1) is 9.69. The first kappa shape index (κ1) is 13.9. The molecule has 1 unspecified atom stereocenters. The van der Waals surface area contributed by atoms with Gasteiger partial charge < -0.3 is 11.5 Å². The highest BCUT2D eigenvalue weighted by Gasteiger charge is 2.11. The molecule has 104 valence electrons. The fourth-order valence-corrected chi connectivity index (χ4v) is 2.00. The fraction of sp³-hybridized carbons (Fsp3) is 0.133. The summed E-state index contributed by atoms with van der Waals surface area (Å²) in [6.45, 7) is 0. The Morgan fingerprint density at radius 2 is 1.70 bits per heavy atom. The molecule has 0 aliphatic rings. The summed E-state index contributed by atoms with van der Waals surface area (Å²) in [5, 5.41) is 0. The molecule has 0 aromatic heterocycles. The molecule has 2 aromatic rings. The lowest BCUT2D eigenvalue weighted by Crippen LogP contribution is -2.37. The van der Waals surface area contributed by atoms with Crippen LogP contribution in [0.5, 0.6) is 0 Å². The maximum atomic E-state index is 5.70. The number of nitrogens with zero attached hydrogens (tertiary/aromatic N) is 1. The molecular formula is C15H19N5. The lowest BCUT2D eigenvalue weighted by atomic mass is 9.99. The summed E-state index contributed by atoms with van der Waals surface area (Å²) >= 11 is 0. The van der Waals surface area contributed by atoms with E-state index in [0.29, 0.717) is 0 Å². The molecule has 0 amide bonds. The monoisotopic (exact) mass is 269 g/mol. The number of rotatable bonds is 4. The number of hydrazine groups is 1. The molecule has 0 aliphatic heterocycles. The van der Waals surface area contributed by atoms with Crippen LogP contribution in [0.2, 0.25) is 0 Å². The van der Waals surface area contributed by atoms with Crippen molar-refractivity contribution in [1.29, 1.82) is 0 Å². The van der Waals surface area contributed by atoms with Gasteiger partial charge in [0.15, 0.2) is 0 Å². The molecule has 0 saturated carbocycles. The number of hydrogen-bond donors (Lipinski definition) is 4. The van der Waals surface area contributed by atoms with Gasteiger partial charge in [0.1, 0.15) is 0 Å². The minimum Gasteiger partial charge on any atom is -0.399 e. The Kier molecular flexibility index (Phi) is 4.57. The molecule has 0 saturated heterocycles. The highest BCUT2D eigenvalue weighted by molar-refractivity contribution is 5.77. The van der Waals surface area contributed by atoms with Gasteiger partial charge in [0, 0.05) is 5.69 Å². The van der Waals surface area contributed by atoms with Crippen molar-refractivity contribution in [2.24, 2.45) is 16.6 Å². The average molecular weight is 269 g/mol. The van der Waals surface area contributed by atoms with Crippen LogP contribution in [0.4, 0.5) is 5.69 Å². The first-order valence-electron chi connectivity index (χ1n) is 6.38. The first-order valence-corrected chi connectivity index (χ1v) is 6.38.